The molecule has 0 bridgehead atoms. The van der Waals surface area contributed by atoms with Gasteiger partial charge in [0.1, 0.15) is 13.2 Å². The molecule has 0 atom stereocenters. The zero-order valence-corrected chi connectivity index (χ0v) is 14.3. The van der Waals surface area contributed by atoms with Gasteiger partial charge in [-0.2, -0.15) is 0 Å². The van der Waals surface area contributed by atoms with Crippen molar-refractivity contribution in [2.45, 2.75) is 11.4 Å². The molecule has 1 aliphatic rings. The monoisotopic (exact) mass is 355 g/mol. The number of hydrogen-bond donors (Lipinski definition) is 1. The molecule has 3 aromatic rings. The summed E-state index contributed by atoms with van der Waals surface area (Å²) in [4.78, 5) is 0.164. The van der Waals surface area contributed by atoms with E-state index in [1.165, 1.54) is 12.1 Å². The maximum atomic E-state index is 12.5. The van der Waals surface area contributed by atoms with Gasteiger partial charge in [-0.05, 0) is 34.5 Å². The molecule has 0 unspecified atom stereocenters. The van der Waals surface area contributed by atoms with Crippen LogP contribution in [0.5, 0.6) is 11.5 Å². The molecule has 1 heterocycles. The summed E-state index contributed by atoms with van der Waals surface area (Å²) in [6, 6.07) is 18.5. The highest BCUT2D eigenvalue weighted by molar-refractivity contribution is 7.89. The normalized spacial score (nSPS) is 13.8. The predicted octanol–water partition coefficient (Wildman–Crippen LogP) is 3.09. The minimum atomic E-state index is -3.63. The second kappa shape index (κ2) is 6.38. The minimum Gasteiger partial charge on any atom is -0.486 e. The van der Waals surface area contributed by atoms with E-state index in [1.54, 1.807) is 6.07 Å². The molecule has 0 saturated heterocycles. The van der Waals surface area contributed by atoms with E-state index in [4.69, 9.17) is 9.47 Å². The summed E-state index contributed by atoms with van der Waals surface area (Å²) in [5.41, 5.74) is 0.903. The smallest absolute Gasteiger partial charge is 0.241 e. The number of sulfonamides is 1. The summed E-state index contributed by atoms with van der Waals surface area (Å²) in [7, 11) is -3.63. The number of hydrogen-bond acceptors (Lipinski definition) is 4. The van der Waals surface area contributed by atoms with Crippen molar-refractivity contribution in [2.24, 2.45) is 0 Å². The Kier molecular flexibility index (Phi) is 4.07. The van der Waals surface area contributed by atoms with Gasteiger partial charge in [-0.1, -0.05) is 36.4 Å². The molecule has 3 aromatic carbocycles. The summed E-state index contributed by atoms with van der Waals surface area (Å²) in [6.45, 7) is 1.11. The van der Waals surface area contributed by atoms with Gasteiger partial charge in [0.2, 0.25) is 10.0 Å². The standard InChI is InChI=1S/C19H17NO4S/c21-25(22,17-7-8-18-19(12-17)24-10-9-23-18)20-13-14-5-6-15-3-1-2-4-16(15)11-14/h1-8,11-12,20H,9-10,13H2. The Morgan fingerprint density at radius 3 is 2.44 bits per heavy atom. The lowest BCUT2D eigenvalue weighted by Crippen LogP contribution is -2.23. The van der Waals surface area contributed by atoms with Gasteiger partial charge < -0.3 is 9.47 Å². The first kappa shape index (κ1) is 15.9. The van der Waals surface area contributed by atoms with Crippen molar-refractivity contribution in [1.82, 2.24) is 4.72 Å². The van der Waals surface area contributed by atoms with Crippen molar-refractivity contribution in [1.29, 1.82) is 0 Å². The first-order chi connectivity index (χ1) is 12.1. The van der Waals surface area contributed by atoms with Crippen LogP contribution in [0.3, 0.4) is 0 Å². The fourth-order valence-corrected chi connectivity index (χ4v) is 3.83. The van der Waals surface area contributed by atoms with Gasteiger partial charge in [0, 0.05) is 12.6 Å². The van der Waals surface area contributed by atoms with E-state index in [-0.39, 0.29) is 11.4 Å². The Morgan fingerprint density at radius 1 is 0.840 bits per heavy atom. The van der Waals surface area contributed by atoms with E-state index in [0.29, 0.717) is 24.7 Å². The van der Waals surface area contributed by atoms with E-state index in [1.807, 2.05) is 42.5 Å². The summed E-state index contributed by atoms with van der Waals surface area (Å²) >= 11 is 0. The molecule has 6 heteroatoms. The molecule has 25 heavy (non-hydrogen) atoms. The summed E-state index contributed by atoms with van der Waals surface area (Å²) < 4.78 is 38.6. The Balaban J connectivity index is 1.54. The van der Waals surface area contributed by atoms with Crippen molar-refractivity contribution >= 4 is 20.8 Å². The third kappa shape index (κ3) is 3.31. The van der Waals surface area contributed by atoms with Crippen molar-refractivity contribution < 1.29 is 17.9 Å². The quantitative estimate of drug-likeness (QED) is 0.781. The third-order valence-electron chi connectivity index (χ3n) is 4.10. The Hall–Kier alpha value is -2.57. The van der Waals surface area contributed by atoms with Crippen LogP contribution in [0.1, 0.15) is 5.56 Å². The van der Waals surface area contributed by atoms with E-state index < -0.39 is 10.0 Å². The molecule has 0 fully saturated rings. The maximum Gasteiger partial charge on any atom is 0.241 e. The third-order valence-corrected chi connectivity index (χ3v) is 5.50. The number of benzene rings is 3. The minimum absolute atomic E-state index is 0.164. The molecule has 1 N–H and O–H groups in total. The SMILES string of the molecule is O=S(=O)(NCc1ccc2ccccc2c1)c1ccc2c(c1)OCCO2. The molecular weight excluding hydrogens is 338 g/mol. The zero-order valence-electron chi connectivity index (χ0n) is 13.4. The van der Waals surface area contributed by atoms with Gasteiger partial charge in [0.25, 0.3) is 0 Å². The second-order valence-corrected chi connectivity index (χ2v) is 7.58. The number of nitrogens with one attached hydrogen (secondary N) is 1. The highest BCUT2D eigenvalue weighted by Gasteiger charge is 2.19. The number of ether oxygens (including phenoxy) is 2. The van der Waals surface area contributed by atoms with Crippen molar-refractivity contribution in [3.05, 3.63) is 66.2 Å². The van der Waals surface area contributed by atoms with Crippen molar-refractivity contribution in [3.63, 3.8) is 0 Å². The average molecular weight is 355 g/mol. The van der Waals surface area contributed by atoms with Crippen LogP contribution in [-0.2, 0) is 16.6 Å². The fourth-order valence-electron chi connectivity index (χ4n) is 2.80. The topological polar surface area (TPSA) is 64.6 Å². The molecule has 5 nitrogen and oxygen atoms in total. The van der Waals surface area contributed by atoms with Crippen LogP contribution < -0.4 is 14.2 Å². The van der Waals surface area contributed by atoms with Crippen LogP contribution in [0.4, 0.5) is 0 Å². The number of fused-ring (bicyclic) bond motifs is 2. The largest absolute Gasteiger partial charge is 0.486 e. The van der Waals surface area contributed by atoms with E-state index in [9.17, 15) is 8.42 Å². The Morgan fingerprint density at radius 2 is 1.60 bits per heavy atom. The molecule has 128 valence electrons. The lowest BCUT2D eigenvalue weighted by atomic mass is 10.1. The van der Waals surface area contributed by atoms with E-state index in [0.717, 1.165) is 16.3 Å². The van der Waals surface area contributed by atoms with Crippen LogP contribution in [-0.4, -0.2) is 21.6 Å². The summed E-state index contributed by atoms with van der Waals surface area (Å²) in [6.07, 6.45) is 0. The molecule has 0 radical (unpaired) electrons. The molecule has 0 amide bonds. The predicted molar refractivity (Wildman–Crippen MR) is 95.4 cm³/mol. The summed E-state index contributed by atoms with van der Waals surface area (Å²) in [5, 5.41) is 2.21. The van der Waals surface area contributed by atoms with E-state index >= 15 is 0 Å². The summed E-state index contributed by atoms with van der Waals surface area (Å²) in [5.74, 6) is 1.03. The van der Waals surface area contributed by atoms with Crippen LogP contribution in [0.15, 0.2) is 65.6 Å². The van der Waals surface area contributed by atoms with E-state index in [2.05, 4.69) is 4.72 Å². The lowest BCUT2D eigenvalue weighted by molar-refractivity contribution is 0.171. The van der Waals surface area contributed by atoms with Crippen molar-refractivity contribution in [2.75, 3.05) is 13.2 Å². The van der Waals surface area contributed by atoms with Crippen LogP contribution in [0, 0.1) is 0 Å². The Labute approximate surface area is 146 Å². The Bertz CT molecular complexity index is 1030. The molecule has 1 aliphatic heterocycles. The van der Waals surface area contributed by atoms with Gasteiger partial charge >= 0.3 is 0 Å². The molecule has 0 spiro atoms. The zero-order chi connectivity index (χ0) is 17.3. The van der Waals surface area contributed by atoms with Crippen LogP contribution in [0.2, 0.25) is 0 Å². The maximum absolute atomic E-state index is 12.5. The second-order valence-electron chi connectivity index (χ2n) is 5.81. The van der Waals surface area contributed by atoms with Gasteiger partial charge in [-0.15, -0.1) is 0 Å². The molecular formula is C19H17NO4S. The molecule has 4 rings (SSSR count). The van der Waals surface area contributed by atoms with Gasteiger partial charge in [0.05, 0.1) is 4.90 Å². The van der Waals surface area contributed by atoms with Crippen molar-refractivity contribution in [3.8, 4) is 11.5 Å². The first-order valence-electron chi connectivity index (χ1n) is 7.99. The van der Waals surface area contributed by atoms with Gasteiger partial charge in [-0.25, -0.2) is 13.1 Å². The number of rotatable bonds is 4. The molecule has 0 aromatic heterocycles. The first-order valence-corrected chi connectivity index (χ1v) is 9.47. The average Bonchev–Trinajstić information content (AvgIpc) is 2.66. The molecule has 0 saturated carbocycles. The highest BCUT2D eigenvalue weighted by Crippen LogP contribution is 2.32. The van der Waals surface area contributed by atoms with Gasteiger partial charge in [-0.3, -0.25) is 0 Å². The lowest BCUT2D eigenvalue weighted by Gasteiger charge is -2.19. The van der Waals surface area contributed by atoms with Gasteiger partial charge in [0.15, 0.2) is 11.5 Å². The van der Waals surface area contributed by atoms with Crippen LogP contribution >= 0.6 is 0 Å². The molecule has 0 aliphatic carbocycles. The highest BCUT2D eigenvalue weighted by atomic mass is 32.2. The van der Waals surface area contributed by atoms with Crippen LogP contribution in [0.25, 0.3) is 10.8 Å². The fraction of sp³-hybridized carbons (Fsp3) is 0.158.